The summed E-state index contributed by atoms with van der Waals surface area (Å²) in [5.74, 6) is 1.04. The lowest BCUT2D eigenvalue weighted by atomic mass is 10.0. The number of carbonyl (C=O) groups excluding carboxylic acids is 1. The number of benzene rings is 2. The fraction of sp³-hybridized carbons (Fsp3) is 0.350. The number of fused-ring (bicyclic) bond motifs is 1. The molecule has 0 aliphatic carbocycles. The molecule has 1 unspecified atom stereocenters. The minimum absolute atomic E-state index is 0.00814. The Kier molecular flexibility index (Phi) is 4.95. The highest BCUT2D eigenvalue weighted by Gasteiger charge is 2.24. The van der Waals surface area contributed by atoms with E-state index in [1.54, 1.807) is 0 Å². The maximum absolute atomic E-state index is 13.0. The molecule has 1 saturated heterocycles. The van der Waals surface area contributed by atoms with E-state index in [1.807, 2.05) is 42.1 Å². The second-order valence-corrected chi connectivity index (χ2v) is 7.45. The van der Waals surface area contributed by atoms with Crippen LogP contribution in [0.2, 0.25) is 0 Å². The quantitative estimate of drug-likeness (QED) is 0.916. The Balaban J connectivity index is 1.56. The largest absolute Gasteiger partial charge is 0.378 e. The number of carbonyl (C=O) groups is 1. The Morgan fingerprint density at radius 3 is 2.72 bits per heavy atom. The van der Waals surface area contributed by atoms with Crippen LogP contribution in [0.1, 0.15) is 28.4 Å². The Morgan fingerprint density at radius 1 is 1.08 bits per heavy atom. The first-order chi connectivity index (χ1) is 12.3. The van der Waals surface area contributed by atoms with Gasteiger partial charge in [0.25, 0.3) is 5.91 Å². The first-order valence-corrected chi connectivity index (χ1v) is 9.76. The van der Waals surface area contributed by atoms with Crippen LogP contribution in [0.25, 0.3) is 0 Å². The number of nitrogens with zero attached hydrogens (tertiary/aromatic N) is 1. The summed E-state index contributed by atoms with van der Waals surface area (Å²) in [6.45, 7) is 3.08. The van der Waals surface area contributed by atoms with Crippen LogP contribution in [0, 0.1) is 0 Å². The van der Waals surface area contributed by atoms with Crippen LogP contribution in [0.5, 0.6) is 0 Å². The Labute approximate surface area is 152 Å². The maximum atomic E-state index is 13.0. The molecule has 1 N–H and O–H groups in total. The topological polar surface area (TPSA) is 41.6 Å². The zero-order valence-electron chi connectivity index (χ0n) is 14.1. The van der Waals surface area contributed by atoms with Crippen molar-refractivity contribution in [3.63, 3.8) is 0 Å². The molecule has 5 heteroatoms. The third-order valence-corrected chi connectivity index (χ3v) is 5.89. The van der Waals surface area contributed by atoms with E-state index >= 15 is 0 Å². The zero-order chi connectivity index (χ0) is 17.1. The van der Waals surface area contributed by atoms with Crippen molar-refractivity contribution in [1.29, 1.82) is 0 Å². The molecule has 0 radical (unpaired) electrons. The highest BCUT2D eigenvalue weighted by atomic mass is 32.2. The SMILES string of the molecule is O=C(NC1CCSc2ccccc21)c1ccccc1N1CCOCC1. The summed E-state index contributed by atoms with van der Waals surface area (Å²) in [5.41, 5.74) is 2.98. The van der Waals surface area contributed by atoms with Crippen molar-refractivity contribution in [1.82, 2.24) is 5.32 Å². The highest BCUT2D eigenvalue weighted by molar-refractivity contribution is 7.99. The van der Waals surface area contributed by atoms with Gasteiger partial charge in [-0.25, -0.2) is 0 Å². The van der Waals surface area contributed by atoms with Crippen LogP contribution in [-0.4, -0.2) is 38.0 Å². The molecule has 0 spiro atoms. The van der Waals surface area contributed by atoms with Crippen LogP contribution < -0.4 is 10.2 Å². The van der Waals surface area contributed by atoms with Gasteiger partial charge >= 0.3 is 0 Å². The predicted octanol–water partition coefficient (Wildman–Crippen LogP) is 3.49. The molecule has 2 heterocycles. The number of thioether (sulfide) groups is 1. The number of morpholine rings is 1. The molecule has 25 heavy (non-hydrogen) atoms. The van der Waals surface area contributed by atoms with Gasteiger partial charge in [-0.3, -0.25) is 4.79 Å². The maximum Gasteiger partial charge on any atom is 0.253 e. The number of hydrogen-bond donors (Lipinski definition) is 1. The van der Waals surface area contributed by atoms with Gasteiger partial charge in [0.2, 0.25) is 0 Å². The third-order valence-electron chi connectivity index (χ3n) is 4.76. The van der Waals surface area contributed by atoms with E-state index in [0.717, 1.165) is 36.5 Å². The highest BCUT2D eigenvalue weighted by Crippen LogP contribution is 2.36. The molecular weight excluding hydrogens is 332 g/mol. The van der Waals surface area contributed by atoms with Gasteiger partial charge in [-0.05, 0) is 30.2 Å². The number of nitrogens with one attached hydrogen (secondary N) is 1. The molecule has 4 nitrogen and oxygen atoms in total. The van der Waals surface area contributed by atoms with Crippen molar-refractivity contribution >= 4 is 23.4 Å². The molecule has 130 valence electrons. The molecule has 0 bridgehead atoms. The smallest absolute Gasteiger partial charge is 0.253 e. The number of amides is 1. The van der Waals surface area contributed by atoms with E-state index in [2.05, 4.69) is 28.4 Å². The van der Waals surface area contributed by atoms with Crippen molar-refractivity contribution in [2.24, 2.45) is 0 Å². The standard InChI is InChI=1S/C20H22N2O2S/c23-20(21-17-9-14-25-19-8-4-2-5-15(17)19)16-6-1-3-7-18(16)22-10-12-24-13-11-22/h1-8,17H,9-14H2,(H,21,23). The van der Waals surface area contributed by atoms with Crippen molar-refractivity contribution < 1.29 is 9.53 Å². The van der Waals surface area contributed by atoms with Crippen molar-refractivity contribution in [3.05, 3.63) is 59.7 Å². The van der Waals surface area contributed by atoms with E-state index in [9.17, 15) is 4.79 Å². The van der Waals surface area contributed by atoms with Gasteiger partial charge in [-0.15, -0.1) is 11.8 Å². The summed E-state index contributed by atoms with van der Waals surface area (Å²) in [7, 11) is 0. The summed E-state index contributed by atoms with van der Waals surface area (Å²) in [4.78, 5) is 16.5. The molecular formula is C20H22N2O2S. The molecule has 1 fully saturated rings. The van der Waals surface area contributed by atoms with E-state index in [-0.39, 0.29) is 11.9 Å². The molecule has 2 aromatic carbocycles. The van der Waals surface area contributed by atoms with Crippen molar-refractivity contribution in [2.75, 3.05) is 37.0 Å². The normalized spacial score (nSPS) is 20.0. The van der Waals surface area contributed by atoms with Crippen molar-refractivity contribution in [3.8, 4) is 0 Å². The van der Waals surface area contributed by atoms with Crippen molar-refractivity contribution in [2.45, 2.75) is 17.4 Å². The lowest BCUT2D eigenvalue weighted by Gasteiger charge is -2.31. The third kappa shape index (κ3) is 3.53. The van der Waals surface area contributed by atoms with Crippen LogP contribution in [0.3, 0.4) is 0 Å². The van der Waals surface area contributed by atoms with Crippen LogP contribution in [0.15, 0.2) is 53.4 Å². The average Bonchev–Trinajstić information content (AvgIpc) is 2.69. The second-order valence-electron chi connectivity index (χ2n) is 6.32. The van der Waals surface area contributed by atoms with Crippen LogP contribution >= 0.6 is 11.8 Å². The van der Waals surface area contributed by atoms with Gasteiger partial charge in [0, 0.05) is 29.4 Å². The summed E-state index contributed by atoms with van der Waals surface area (Å²) < 4.78 is 5.44. The monoisotopic (exact) mass is 354 g/mol. The first-order valence-electron chi connectivity index (χ1n) is 8.77. The summed E-state index contributed by atoms with van der Waals surface area (Å²) in [6, 6.07) is 16.3. The van der Waals surface area contributed by atoms with Gasteiger partial charge in [-0.1, -0.05) is 30.3 Å². The number of anilines is 1. The number of para-hydroxylation sites is 1. The summed E-state index contributed by atoms with van der Waals surface area (Å²) >= 11 is 1.87. The Morgan fingerprint density at radius 2 is 1.84 bits per heavy atom. The second kappa shape index (κ2) is 7.50. The molecule has 2 aromatic rings. The minimum Gasteiger partial charge on any atom is -0.378 e. The predicted molar refractivity (Wildman–Crippen MR) is 101 cm³/mol. The van der Waals surface area contributed by atoms with Gasteiger partial charge in [0.15, 0.2) is 0 Å². The fourth-order valence-electron chi connectivity index (χ4n) is 3.47. The van der Waals surface area contributed by atoms with E-state index in [0.29, 0.717) is 13.2 Å². The Hall–Kier alpha value is -1.98. The molecule has 2 aliphatic rings. The number of hydrogen-bond acceptors (Lipinski definition) is 4. The number of rotatable bonds is 3. The van der Waals surface area contributed by atoms with E-state index < -0.39 is 0 Å². The van der Waals surface area contributed by atoms with Gasteiger partial charge in [-0.2, -0.15) is 0 Å². The first kappa shape index (κ1) is 16.5. The number of ether oxygens (including phenoxy) is 1. The van der Waals surface area contributed by atoms with Gasteiger partial charge in [0.05, 0.1) is 24.8 Å². The van der Waals surface area contributed by atoms with Gasteiger partial charge < -0.3 is 15.0 Å². The van der Waals surface area contributed by atoms with Crippen LogP contribution in [-0.2, 0) is 4.74 Å². The molecule has 1 atom stereocenters. The molecule has 4 rings (SSSR count). The molecule has 0 saturated carbocycles. The minimum atomic E-state index is 0.00814. The zero-order valence-corrected chi connectivity index (χ0v) is 14.9. The Bertz CT molecular complexity index is 759. The fourth-order valence-corrected chi connectivity index (χ4v) is 4.60. The molecule has 2 aliphatic heterocycles. The lowest BCUT2D eigenvalue weighted by Crippen LogP contribution is -2.38. The lowest BCUT2D eigenvalue weighted by molar-refractivity contribution is 0.0933. The van der Waals surface area contributed by atoms with E-state index in [1.165, 1.54) is 10.5 Å². The van der Waals surface area contributed by atoms with Gasteiger partial charge in [0.1, 0.15) is 0 Å². The van der Waals surface area contributed by atoms with Crippen LogP contribution in [0.4, 0.5) is 5.69 Å². The van der Waals surface area contributed by atoms with E-state index in [4.69, 9.17) is 4.74 Å². The molecule has 0 aromatic heterocycles. The summed E-state index contributed by atoms with van der Waals surface area (Å²) in [5, 5.41) is 3.26. The summed E-state index contributed by atoms with van der Waals surface area (Å²) in [6.07, 6.45) is 0.965. The average molecular weight is 354 g/mol. The molecule has 1 amide bonds.